The largest absolute Gasteiger partial charge is 0.493 e. The molecule has 1 amide bonds. The molecule has 4 rings (SSSR count). The number of para-hydroxylation sites is 1. The maximum atomic E-state index is 12.6. The summed E-state index contributed by atoms with van der Waals surface area (Å²) >= 11 is 6.34. The Bertz CT molecular complexity index is 862. The standard InChI is InChI=1S/C23H27ClN2O4/c24-19-12-21-22(29-11-5-10-28-21)13-20(19)25-23(27)15-26-9-4-6-17(14-26)16-30-18-7-2-1-3-8-18/h1-3,7-8,12-13,17H,4-6,9-11,14-16H2,(H,25,27). The van der Waals surface area contributed by atoms with Crippen molar-refractivity contribution in [3.05, 3.63) is 47.5 Å². The van der Waals surface area contributed by atoms with Crippen LogP contribution in [0.25, 0.3) is 0 Å². The van der Waals surface area contributed by atoms with Gasteiger partial charge in [-0.2, -0.15) is 0 Å². The Balaban J connectivity index is 1.30. The second-order valence-corrected chi connectivity index (χ2v) is 8.15. The van der Waals surface area contributed by atoms with E-state index >= 15 is 0 Å². The average molecular weight is 431 g/mol. The SMILES string of the molecule is O=C(CN1CCCC(COc2ccccc2)C1)Nc1cc2c(cc1Cl)OCCCO2. The molecule has 1 fully saturated rings. The van der Waals surface area contributed by atoms with Crippen LogP contribution < -0.4 is 19.5 Å². The zero-order valence-electron chi connectivity index (χ0n) is 16.9. The summed E-state index contributed by atoms with van der Waals surface area (Å²) in [5.41, 5.74) is 0.548. The molecule has 2 aromatic rings. The molecule has 2 aliphatic rings. The molecule has 1 atom stereocenters. The van der Waals surface area contributed by atoms with Gasteiger partial charge in [0.25, 0.3) is 0 Å². The van der Waals surface area contributed by atoms with Crippen molar-refractivity contribution in [3.63, 3.8) is 0 Å². The highest BCUT2D eigenvalue weighted by atomic mass is 35.5. The van der Waals surface area contributed by atoms with Gasteiger partial charge in [0, 0.05) is 31.0 Å². The van der Waals surface area contributed by atoms with Crippen LogP contribution in [0.5, 0.6) is 17.2 Å². The van der Waals surface area contributed by atoms with Crippen molar-refractivity contribution in [2.75, 3.05) is 44.8 Å². The summed E-state index contributed by atoms with van der Waals surface area (Å²) in [4.78, 5) is 14.8. The fourth-order valence-corrected chi connectivity index (χ4v) is 4.04. The van der Waals surface area contributed by atoms with Crippen molar-refractivity contribution < 1.29 is 19.0 Å². The molecule has 1 saturated heterocycles. The molecule has 1 N–H and O–H groups in total. The number of halogens is 1. The topological polar surface area (TPSA) is 60.0 Å². The number of rotatable bonds is 6. The van der Waals surface area contributed by atoms with Crippen molar-refractivity contribution in [1.82, 2.24) is 4.90 Å². The third-order valence-corrected chi connectivity index (χ3v) is 5.62. The van der Waals surface area contributed by atoms with Gasteiger partial charge < -0.3 is 19.5 Å². The van der Waals surface area contributed by atoms with E-state index in [-0.39, 0.29) is 5.91 Å². The number of ether oxygens (including phenoxy) is 3. The van der Waals surface area contributed by atoms with Crippen molar-refractivity contribution in [2.45, 2.75) is 19.3 Å². The fourth-order valence-electron chi connectivity index (χ4n) is 3.83. The maximum Gasteiger partial charge on any atom is 0.238 e. The number of nitrogens with zero attached hydrogens (tertiary/aromatic N) is 1. The van der Waals surface area contributed by atoms with Crippen LogP contribution in [0.15, 0.2) is 42.5 Å². The second kappa shape index (κ2) is 10.0. The van der Waals surface area contributed by atoms with Crippen molar-refractivity contribution >= 4 is 23.2 Å². The number of anilines is 1. The molecule has 2 aliphatic heterocycles. The van der Waals surface area contributed by atoms with Gasteiger partial charge in [-0.25, -0.2) is 0 Å². The molecule has 30 heavy (non-hydrogen) atoms. The molecule has 0 aliphatic carbocycles. The van der Waals surface area contributed by atoms with Crippen molar-refractivity contribution in [2.24, 2.45) is 5.92 Å². The number of hydrogen-bond acceptors (Lipinski definition) is 5. The first-order valence-corrected chi connectivity index (χ1v) is 10.8. The number of piperidine rings is 1. The van der Waals surface area contributed by atoms with E-state index in [2.05, 4.69) is 10.2 Å². The third-order valence-electron chi connectivity index (χ3n) is 5.31. The summed E-state index contributed by atoms with van der Waals surface area (Å²) in [7, 11) is 0. The summed E-state index contributed by atoms with van der Waals surface area (Å²) in [6.07, 6.45) is 2.98. The van der Waals surface area contributed by atoms with E-state index < -0.39 is 0 Å². The van der Waals surface area contributed by atoms with Crippen LogP contribution in [-0.2, 0) is 4.79 Å². The average Bonchev–Trinajstić information content (AvgIpc) is 2.98. The number of carbonyl (C=O) groups excluding carboxylic acids is 1. The Labute approximate surface area is 182 Å². The van der Waals surface area contributed by atoms with Gasteiger partial charge in [-0.1, -0.05) is 29.8 Å². The highest BCUT2D eigenvalue weighted by Gasteiger charge is 2.23. The van der Waals surface area contributed by atoms with Crippen LogP contribution in [0.4, 0.5) is 5.69 Å². The molecule has 0 radical (unpaired) electrons. The summed E-state index contributed by atoms with van der Waals surface area (Å²) in [5.74, 6) is 2.44. The number of fused-ring (bicyclic) bond motifs is 1. The van der Waals surface area contributed by atoms with E-state index in [0.717, 1.165) is 38.1 Å². The number of hydrogen-bond donors (Lipinski definition) is 1. The van der Waals surface area contributed by atoms with Gasteiger partial charge in [0.2, 0.25) is 5.91 Å². The van der Waals surface area contributed by atoms with Gasteiger partial charge >= 0.3 is 0 Å². The fraction of sp³-hybridized carbons (Fsp3) is 0.435. The van der Waals surface area contributed by atoms with Gasteiger partial charge in [-0.15, -0.1) is 0 Å². The zero-order chi connectivity index (χ0) is 20.8. The molecule has 0 saturated carbocycles. The van der Waals surface area contributed by atoms with Crippen LogP contribution in [0.2, 0.25) is 5.02 Å². The number of carbonyl (C=O) groups is 1. The van der Waals surface area contributed by atoms with E-state index in [0.29, 0.717) is 54.5 Å². The molecule has 0 aromatic heterocycles. The molecule has 2 aromatic carbocycles. The highest BCUT2D eigenvalue weighted by molar-refractivity contribution is 6.34. The van der Waals surface area contributed by atoms with E-state index in [1.807, 2.05) is 30.3 Å². The molecule has 0 bridgehead atoms. The summed E-state index contributed by atoms with van der Waals surface area (Å²) < 4.78 is 17.2. The minimum atomic E-state index is -0.0870. The molecule has 7 heteroatoms. The first-order chi connectivity index (χ1) is 14.7. The number of nitrogens with one attached hydrogen (secondary N) is 1. The lowest BCUT2D eigenvalue weighted by molar-refractivity contribution is -0.117. The van der Waals surface area contributed by atoms with Gasteiger partial charge in [0.1, 0.15) is 5.75 Å². The molecular formula is C23H27ClN2O4. The number of benzene rings is 2. The van der Waals surface area contributed by atoms with Crippen LogP contribution in [0.3, 0.4) is 0 Å². The van der Waals surface area contributed by atoms with Crippen LogP contribution in [-0.4, -0.2) is 50.3 Å². The molecular weight excluding hydrogens is 404 g/mol. The zero-order valence-corrected chi connectivity index (χ0v) is 17.7. The lowest BCUT2D eigenvalue weighted by atomic mass is 9.99. The molecule has 2 heterocycles. The molecule has 6 nitrogen and oxygen atoms in total. The van der Waals surface area contributed by atoms with Crippen molar-refractivity contribution in [1.29, 1.82) is 0 Å². The minimum absolute atomic E-state index is 0.0870. The minimum Gasteiger partial charge on any atom is -0.493 e. The van der Waals surface area contributed by atoms with E-state index in [1.165, 1.54) is 0 Å². The third kappa shape index (κ3) is 5.58. The summed E-state index contributed by atoms with van der Waals surface area (Å²) in [5, 5.41) is 3.37. The van der Waals surface area contributed by atoms with E-state index in [4.69, 9.17) is 25.8 Å². The predicted molar refractivity (Wildman–Crippen MR) is 117 cm³/mol. The van der Waals surface area contributed by atoms with Crippen LogP contribution in [0, 0.1) is 5.92 Å². The number of likely N-dealkylation sites (tertiary alicyclic amines) is 1. The van der Waals surface area contributed by atoms with Crippen LogP contribution in [0.1, 0.15) is 19.3 Å². The van der Waals surface area contributed by atoms with E-state index in [1.54, 1.807) is 12.1 Å². The predicted octanol–water partition coefficient (Wildman–Crippen LogP) is 4.23. The normalized spacial score (nSPS) is 19.0. The monoisotopic (exact) mass is 430 g/mol. The first-order valence-electron chi connectivity index (χ1n) is 10.5. The lowest BCUT2D eigenvalue weighted by Crippen LogP contribution is -2.42. The molecule has 1 unspecified atom stereocenters. The molecule has 0 spiro atoms. The summed E-state index contributed by atoms with van der Waals surface area (Å²) in [6.45, 7) is 3.92. The van der Waals surface area contributed by atoms with Gasteiger partial charge in [-0.05, 0) is 31.5 Å². The molecule has 160 valence electrons. The highest BCUT2D eigenvalue weighted by Crippen LogP contribution is 2.37. The Morgan fingerprint density at radius 2 is 1.90 bits per heavy atom. The smallest absolute Gasteiger partial charge is 0.238 e. The summed E-state index contributed by atoms with van der Waals surface area (Å²) in [6, 6.07) is 13.3. The van der Waals surface area contributed by atoms with Gasteiger partial charge in [0.15, 0.2) is 11.5 Å². The second-order valence-electron chi connectivity index (χ2n) is 7.74. The Morgan fingerprint density at radius 3 is 2.70 bits per heavy atom. The Hall–Kier alpha value is -2.44. The van der Waals surface area contributed by atoms with E-state index in [9.17, 15) is 4.79 Å². The number of amides is 1. The Kier molecular flexibility index (Phi) is 6.97. The maximum absolute atomic E-state index is 12.6. The quantitative estimate of drug-likeness (QED) is 0.743. The van der Waals surface area contributed by atoms with Gasteiger partial charge in [-0.3, -0.25) is 9.69 Å². The van der Waals surface area contributed by atoms with Gasteiger partial charge in [0.05, 0.1) is 37.1 Å². The van der Waals surface area contributed by atoms with Crippen molar-refractivity contribution in [3.8, 4) is 17.2 Å². The first kappa shape index (κ1) is 20.8. The van der Waals surface area contributed by atoms with Crippen LogP contribution >= 0.6 is 11.6 Å². The lowest BCUT2D eigenvalue weighted by Gasteiger charge is -2.32. The Morgan fingerprint density at radius 1 is 1.13 bits per heavy atom.